The average Bonchev–Trinajstić information content (AvgIpc) is 3.24. The number of hydrogen-bond donors (Lipinski definition) is 3. The van der Waals surface area contributed by atoms with Crippen molar-refractivity contribution >= 4 is 18.0 Å². The molecular formula is C21H25NO8. The monoisotopic (exact) mass is 419 g/mol. The molecule has 3 atom stereocenters. The van der Waals surface area contributed by atoms with Crippen LogP contribution in [0.5, 0.6) is 0 Å². The summed E-state index contributed by atoms with van der Waals surface area (Å²) in [4.78, 5) is 25.0. The minimum absolute atomic E-state index is 0.0551. The van der Waals surface area contributed by atoms with Gasteiger partial charge in [-0.1, -0.05) is 12.1 Å². The van der Waals surface area contributed by atoms with Crippen molar-refractivity contribution in [2.24, 2.45) is 0 Å². The van der Waals surface area contributed by atoms with Gasteiger partial charge >= 0.3 is 5.97 Å². The molecule has 0 radical (unpaired) electrons. The number of fused-ring (bicyclic) bond motifs is 1. The van der Waals surface area contributed by atoms with Crippen molar-refractivity contribution < 1.29 is 38.7 Å². The molecule has 1 fully saturated rings. The van der Waals surface area contributed by atoms with Crippen molar-refractivity contribution in [3.05, 3.63) is 53.3 Å². The number of esters is 1. The largest absolute Gasteiger partial charge is 0.499 e. The summed E-state index contributed by atoms with van der Waals surface area (Å²) < 4.78 is 21.8. The van der Waals surface area contributed by atoms with E-state index in [1.807, 2.05) is 0 Å². The molecule has 3 rings (SSSR count). The van der Waals surface area contributed by atoms with Crippen LogP contribution in [0.2, 0.25) is 0 Å². The lowest BCUT2D eigenvalue weighted by atomic mass is 9.91. The van der Waals surface area contributed by atoms with Gasteiger partial charge in [0.1, 0.15) is 31.7 Å². The number of amides is 1. The predicted molar refractivity (Wildman–Crippen MR) is 105 cm³/mol. The molecule has 1 aliphatic heterocycles. The number of rotatable bonds is 9. The number of nitrogens with one attached hydrogen (secondary N) is 1. The molecule has 1 saturated heterocycles. The molecule has 1 aliphatic carbocycles. The number of carbonyl (C=O) groups excluding carboxylic acids is 2. The van der Waals surface area contributed by atoms with Crippen LogP contribution in [0.1, 0.15) is 22.3 Å². The predicted octanol–water partition coefficient (Wildman–Crippen LogP) is 0.372. The number of benzene rings is 1. The van der Waals surface area contributed by atoms with Crippen LogP contribution in [0.25, 0.3) is 6.08 Å². The van der Waals surface area contributed by atoms with Gasteiger partial charge in [0.05, 0.1) is 25.0 Å². The van der Waals surface area contributed by atoms with Crippen molar-refractivity contribution in [3.63, 3.8) is 0 Å². The molecule has 1 heterocycles. The Morgan fingerprint density at radius 2 is 2.10 bits per heavy atom. The third-order valence-electron chi connectivity index (χ3n) is 4.63. The second kappa shape index (κ2) is 10.9. The van der Waals surface area contributed by atoms with Crippen molar-refractivity contribution in [1.29, 1.82) is 0 Å². The quantitative estimate of drug-likeness (QED) is 0.298. The van der Waals surface area contributed by atoms with Crippen LogP contribution in [0.4, 0.5) is 0 Å². The highest BCUT2D eigenvalue weighted by atomic mass is 16.7. The molecule has 0 unspecified atom stereocenters. The van der Waals surface area contributed by atoms with Crippen molar-refractivity contribution in [2.45, 2.75) is 24.7 Å². The van der Waals surface area contributed by atoms with Gasteiger partial charge < -0.3 is 34.5 Å². The van der Waals surface area contributed by atoms with Gasteiger partial charge in [-0.25, -0.2) is 4.79 Å². The Hall–Kier alpha value is -2.72. The Balaban J connectivity index is 1.67. The van der Waals surface area contributed by atoms with Crippen LogP contribution in [0.15, 0.2) is 42.2 Å². The maximum absolute atomic E-state index is 12.7. The van der Waals surface area contributed by atoms with E-state index < -0.39 is 24.3 Å². The summed E-state index contributed by atoms with van der Waals surface area (Å²) >= 11 is 0. The first kappa shape index (κ1) is 22.0. The first-order chi connectivity index (χ1) is 14.6. The van der Waals surface area contributed by atoms with E-state index >= 15 is 0 Å². The summed E-state index contributed by atoms with van der Waals surface area (Å²) in [5.41, 5.74) is 1.50. The average molecular weight is 419 g/mol. The molecule has 162 valence electrons. The molecule has 9 nitrogen and oxygen atoms in total. The normalized spacial score (nSPS) is 23.0. The molecule has 3 N–H and O–H groups in total. The third kappa shape index (κ3) is 5.67. The fourth-order valence-corrected chi connectivity index (χ4v) is 3.23. The summed E-state index contributed by atoms with van der Waals surface area (Å²) in [7, 11) is 0. The third-order valence-corrected chi connectivity index (χ3v) is 4.63. The van der Waals surface area contributed by atoms with Crippen LogP contribution >= 0.6 is 0 Å². The van der Waals surface area contributed by atoms with Crippen molar-refractivity contribution in [2.75, 3.05) is 33.2 Å². The van der Waals surface area contributed by atoms with E-state index in [4.69, 9.17) is 29.2 Å². The molecular weight excluding hydrogens is 394 g/mol. The fourth-order valence-electron chi connectivity index (χ4n) is 3.23. The maximum Gasteiger partial charge on any atom is 0.338 e. The molecule has 1 aromatic rings. The lowest BCUT2D eigenvalue weighted by Crippen LogP contribution is -2.43. The smallest absolute Gasteiger partial charge is 0.338 e. The molecule has 0 aromatic heterocycles. The van der Waals surface area contributed by atoms with Gasteiger partial charge in [-0.2, -0.15) is 0 Å². The maximum atomic E-state index is 12.7. The standard InChI is InChI=1S/C21H25NO8/c23-6-5-22-20(25)16-11-17-19(29-13-28-17)18(12-16)30-21(26)15-3-1-2-14(10-15)4-8-27-9-7-24/h1-4,8,10-11,17-19,23-24H,5-7,9,12-13H2,(H,22,25)/t17-,18-,19-/m1/s1. The zero-order valence-electron chi connectivity index (χ0n) is 16.4. The molecule has 0 saturated carbocycles. The lowest BCUT2D eigenvalue weighted by molar-refractivity contribution is -0.118. The number of carbonyl (C=O) groups is 2. The second-order valence-electron chi connectivity index (χ2n) is 6.72. The zero-order chi connectivity index (χ0) is 21.3. The highest BCUT2D eigenvalue weighted by molar-refractivity contribution is 5.94. The van der Waals surface area contributed by atoms with Gasteiger partial charge in [0.25, 0.3) is 0 Å². The van der Waals surface area contributed by atoms with Gasteiger partial charge in [-0.15, -0.1) is 0 Å². The van der Waals surface area contributed by atoms with Crippen LogP contribution in [0, 0.1) is 0 Å². The zero-order valence-corrected chi connectivity index (χ0v) is 16.4. The molecule has 9 heteroatoms. The number of aliphatic hydroxyl groups excluding tert-OH is 2. The van der Waals surface area contributed by atoms with Gasteiger partial charge in [-0.05, 0) is 29.8 Å². The Labute approximate surface area is 173 Å². The Morgan fingerprint density at radius 3 is 2.90 bits per heavy atom. The van der Waals surface area contributed by atoms with Crippen LogP contribution in [-0.4, -0.2) is 73.6 Å². The van der Waals surface area contributed by atoms with Crippen LogP contribution in [-0.2, 0) is 23.7 Å². The SMILES string of the molecule is O=C(NCCO)C1=C[C@H]2OCO[C@H]2[C@H](OC(=O)c2cccc(C=COCCO)c2)C1. The molecule has 1 amide bonds. The number of hydrogen-bond acceptors (Lipinski definition) is 8. The first-order valence-electron chi connectivity index (χ1n) is 9.65. The molecule has 2 aliphatic rings. The van der Waals surface area contributed by atoms with Crippen LogP contribution in [0.3, 0.4) is 0 Å². The van der Waals surface area contributed by atoms with Crippen molar-refractivity contribution in [3.8, 4) is 0 Å². The Bertz CT molecular complexity index is 806. The summed E-state index contributed by atoms with van der Waals surface area (Å²) in [6.07, 6.45) is 3.32. The second-order valence-corrected chi connectivity index (χ2v) is 6.72. The summed E-state index contributed by atoms with van der Waals surface area (Å²) in [5.74, 6) is -0.883. The summed E-state index contributed by atoms with van der Waals surface area (Å²) in [6, 6.07) is 6.80. The van der Waals surface area contributed by atoms with Crippen molar-refractivity contribution in [1.82, 2.24) is 5.32 Å². The van der Waals surface area contributed by atoms with Gasteiger partial charge in [-0.3, -0.25) is 4.79 Å². The summed E-state index contributed by atoms with van der Waals surface area (Å²) in [5, 5.41) is 20.2. The topological polar surface area (TPSA) is 124 Å². The van der Waals surface area contributed by atoms with Gasteiger partial charge in [0.2, 0.25) is 5.91 Å². The number of aliphatic hydroxyl groups is 2. The first-order valence-corrected chi connectivity index (χ1v) is 9.65. The highest BCUT2D eigenvalue weighted by Gasteiger charge is 2.42. The van der Waals surface area contributed by atoms with Gasteiger partial charge in [0.15, 0.2) is 0 Å². The Morgan fingerprint density at radius 1 is 1.23 bits per heavy atom. The molecule has 0 bridgehead atoms. The molecule has 1 aromatic carbocycles. The fraction of sp³-hybridized carbons (Fsp3) is 0.429. The van der Waals surface area contributed by atoms with E-state index in [0.717, 1.165) is 5.56 Å². The van der Waals surface area contributed by atoms with Crippen LogP contribution < -0.4 is 5.32 Å². The highest BCUT2D eigenvalue weighted by Crippen LogP contribution is 2.30. The minimum atomic E-state index is -0.683. The van der Waals surface area contributed by atoms with E-state index in [-0.39, 0.29) is 45.5 Å². The van der Waals surface area contributed by atoms with E-state index in [1.165, 1.54) is 6.26 Å². The van der Waals surface area contributed by atoms with E-state index in [9.17, 15) is 9.59 Å². The summed E-state index contributed by atoms with van der Waals surface area (Å²) in [6.45, 7) is 0.125. The Kier molecular flexibility index (Phi) is 7.97. The molecule has 0 spiro atoms. The molecule has 30 heavy (non-hydrogen) atoms. The van der Waals surface area contributed by atoms with E-state index in [2.05, 4.69) is 5.32 Å². The lowest BCUT2D eigenvalue weighted by Gasteiger charge is -2.30. The minimum Gasteiger partial charge on any atom is -0.499 e. The van der Waals surface area contributed by atoms with E-state index in [0.29, 0.717) is 11.1 Å². The number of ether oxygens (including phenoxy) is 4. The van der Waals surface area contributed by atoms with E-state index in [1.54, 1.807) is 36.4 Å². The van der Waals surface area contributed by atoms with Gasteiger partial charge in [0, 0.05) is 18.5 Å².